The molecule has 1 amide bonds. The summed E-state index contributed by atoms with van der Waals surface area (Å²) in [6.45, 7) is 2.82. The Bertz CT molecular complexity index is 1100. The fourth-order valence-electron chi connectivity index (χ4n) is 3.95. The Hall–Kier alpha value is -3.22. The molecule has 2 heterocycles. The number of anilines is 1. The van der Waals surface area contributed by atoms with Crippen molar-refractivity contribution in [3.8, 4) is 5.75 Å². The smallest absolute Gasteiger partial charge is 0.278 e. The molecule has 1 aliphatic rings. The van der Waals surface area contributed by atoms with Crippen LogP contribution in [0.3, 0.4) is 0 Å². The highest BCUT2D eigenvalue weighted by molar-refractivity contribution is 6.11. The molecule has 7 nitrogen and oxygen atoms in total. The van der Waals surface area contributed by atoms with Gasteiger partial charge in [-0.05, 0) is 43.9 Å². The normalized spacial score (nSPS) is 14.6. The molecule has 1 N–H and O–H groups in total. The maximum atomic E-state index is 13.1. The first-order chi connectivity index (χ1) is 14.7. The number of hydrogen-bond acceptors (Lipinski definition) is 5. The zero-order valence-corrected chi connectivity index (χ0v) is 17.1. The minimum Gasteiger partial charge on any atom is -0.489 e. The number of amides is 1. The number of ether oxygens (including phenoxy) is 1. The molecule has 0 unspecified atom stereocenters. The van der Waals surface area contributed by atoms with Crippen molar-refractivity contribution in [1.82, 2.24) is 14.8 Å². The zero-order valence-electron chi connectivity index (χ0n) is 17.1. The number of fused-ring (bicyclic) bond motifs is 1. The quantitative estimate of drug-likeness (QED) is 0.668. The van der Waals surface area contributed by atoms with Gasteiger partial charge in [0.2, 0.25) is 0 Å². The van der Waals surface area contributed by atoms with Gasteiger partial charge >= 0.3 is 0 Å². The number of nitrogens with one attached hydrogen (secondary N) is 1. The Labute approximate surface area is 175 Å². The molecule has 4 rings (SSSR count). The van der Waals surface area contributed by atoms with Crippen LogP contribution in [0.5, 0.6) is 5.75 Å². The van der Waals surface area contributed by atoms with Gasteiger partial charge in [0.05, 0.1) is 12.0 Å². The van der Waals surface area contributed by atoms with Crippen LogP contribution in [0, 0.1) is 5.92 Å². The minimum atomic E-state index is -0.422. The predicted octanol–water partition coefficient (Wildman–Crippen LogP) is 4.02. The molecular weight excluding hydrogens is 380 g/mol. The van der Waals surface area contributed by atoms with Crippen LogP contribution >= 0.6 is 0 Å². The van der Waals surface area contributed by atoms with E-state index in [2.05, 4.69) is 15.4 Å². The highest BCUT2D eigenvalue weighted by atomic mass is 16.5. The van der Waals surface area contributed by atoms with Crippen molar-refractivity contribution >= 4 is 22.5 Å². The summed E-state index contributed by atoms with van der Waals surface area (Å²) >= 11 is 0. The average molecular weight is 406 g/mol. The van der Waals surface area contributed by atoms with E-state index in [1.807, 2.05) is 13.0 Å². The first-order valence-corrected chi connectivity index (χ1v) is 10.6. The van der Waals surface area contributed by atoms with Gasteiger partial charge in [-0.15, -0.1) is 0 Å². The van der Waals surface area contributed by atoms with Gasteiger partial charge in [-0.1, -0.05) is 37.5 Å². The topological polar surface area (TPSA) is 86.1 Å². The molecule has 0 radical (unpaired) electrons. The van der Waals surface area contributed by atoms with Crippen LogP contribution in [0.4, 0.5) is 5.82 Å². The van der Waals surface area contributed by atoms with Gasteiger partial charge in [0.1, 0.15) is 0 Å². The predicted molar refractivity (Wildman–Crippen MR) is 116 cm³/mol. The molecule has 2 aromatic heterocycles. The van der Waals surface area contributed by atoms with Crippen molar-refractivity contribution < 1.29 is 9.53 Å². The van der Waals surface area contributed by atoms with Crippen molar-refractivity contribution in [2.24, 2.45) is 5.92 Å². The molecule has 1 aliphatic carbocycles. The van der Waals surface area contributed by atoms with E-state index in [-0.39, 0.29) is 11.3 Å². The Morgan fingerprint density at radius 2 is 1.90 bits per heavy atom. The van der Waals surface area contributed by atoms with Crippen molar-refractivity contribution in [1.29, 1.82) is 0 Å². The number of aryl methyl sites for hydroxylation is 1. The van der Waals surface area contributed by atoms with Crippen LogP contribution in [0.1, 0.15) is 49.5 Å². The van der Waals surface area contributed by atoms with E-state index in [0.29, 0.717) is 41.4 Å². The van der Waals surface area contributed by atoms with Crippen LogP contribution in [0.15, 0.2) is 47.4 Å². The third-order valence-corrected chi connectivity index (χ3v) is 5.58. The van der Waals surface area contributed by atoms with Crippen LogP contribution in [0.25, 0.3) is 10.8 Å². The molecule has 0 bridgehead atoms. The summed E-state index contributed by atoms with van der Waals surface area (Å²) in [5.74, 6) is 1.03. The molecular formula is C23H26N4O3. The summed E-state index contributed by atoms with van der Waals surface area (Å²) in [7, 11) is 0. The Morgan fingerprint density at radius 1 is 1.13 bits per heavy atom. The molecule has 30 heavy (non-hydrogen) atoms. The van der Waals surface area contributed by atoms with Gasteiger partial charge in [0, 0.05) is 18.1 Å². The summed E-state index contributed by atoms with van der Waals surface area (Å²) in [6, 6.07) is 10.6. The first kappa shape index (κ1) is 20.1. The zero-order chi connectivity index (χ0) is 20.9. The highest BCUT2D eigenvalue weighted by Gasteiger charge is 2.19. The second-order valence-corrected chi connectivity index (χ2v) is 7.63. The van der Waals surface area contributed by atoms with Crippen LogP contribution in [-0.4, -0.2) is 27.3 Å². The molecule has 0 saturated heterocycles. The second-order valence-electron chi connectivity index (χ2n) is 7.63. The van der Waals surface area contributed by atoms with Gasteiger partial charge in [-0.3, -0.25) is 9.59 Å². The van der Waals surface area contributed by atoms with Crippen molar-refractivity contribution in [3.63, 3.8) is 0 Å². The second kappa shape index (κ2) is 9.07. The van der Waals surface area contributed by atoms with Crippen LogP contribution in [-0.2, 0) is 6.54 Å². The standard InChI is InChI=1S/C23H26N4O3/c1-2-27-23(29)18-12-7-6-11-17(18)20(26-27)22(28)25-21-19(13-8-14-24-21)30-15-16-9-4-3-5-10-16/h6-8,11-14,16H,2-5,9-10,15H2,1H3,(H,24,25,28). The molecule has 7 heteroatoms. The summed E-state index contributed by atoms with van der Waals surface area (Å²) in [6.07, 6.45) is 7.76. The van der Waals surface area contributed by atoms with Gasteiger partial charge < -0.3 is 10.1 Å². The molecule has 0 atom stereocenters. The number of carbonyl (C=O) groups excluding carboxylic acids is 1. The van der Waals surface area contributed by atoms with Crippen molar-refractivity contribution in [2.75, 3.05) is 11.9 Å². The monoisotopic (exact) mass is 406 g/mol. The lowest BCUT2D eigenvalue weighted by Crippen LogP contribution is -2.27. The van der Waals surface area contributed by atoms with E-state index in [4.69, 9.17) is 4.74 Å². The van der Waals surface area contributed by atoms with Gasteiger partial charge in [-0.2, -0.15) is 5.10 Å². The van der Waals surface area contributed by atoms with E-state index in [1.165, 1.54) is 36.8 Å². The van der Waals surface area contributed by atoms with Crippen LogP contribution < -0.4 is 15.6 Å². The fraction of sp³-hybridized carbons (Fsp3) is 0.391. The number of rotatable bonds is 6. The SMILES string of the molecule is CCn1nc(C(=O)Nc2ncccc2OCC2CCCCC2)c2ccccc2c1=O. The number of pyridine rings is 1. The Balaban J connectivity index is 1.59. The largest absolute Gasteiger partial charge is 0.489 e. The summed E-state index contributed by atoms with van der Waals surface area (Å²) in [5.41, 5.74) is -0.0186. The number of carbonyl (C=O) groups is 1. The highest BCUT2D eigenvalue weighted by Crippen LogP contribution is 2.27. The third kappa shape index (κ3) is 4.20. The lowest BCUT2D eigenvalue weighted by Gasteiger charge is -2.22. The number of nitrogens with zero attached hydrogens (tertiary/aromatic N) is 3. The summed E-state index contributed by atoms with van der Waals surface area (Å²) < 4.78 is 7.31. The summed E-state index contributed by atoms with van der Waals surface area (Å²) in [4.78, 5) is 29.9. The maximum absolute atomic E-state index is 13.1. The van der Waals surface area contributed by atoms with Crippen molar-refractivity contribution in [2.45, 2.75) is 45.6 Å². The summed E-state index contributed by atoms with van der Waals surface area (Å²) in [5, 5.41) is 8.10. The molecule has 1 fully saturated rings. The molecule has 0 aliphatic heterocycles. The number of hydrogen-bond donors (Lipinski definition) is 1. The first-order valence-electron chi connectivity index (χ1n) is 10.6. The lowest BCUT2D eigenvalue weighted by atomic mass is 9.90. The van der Waals surface area contributed by atoms with E-state index < -0.39 is 5.91 Å². The molecule has 0 spiro atoms. The Kier molecular flexibility index (Phi) is 6.07. The van der Waals surface area contributed by atoms with E-state index in [0.717, 1.165) is 0 Å². The number of benzene rings is 1. The molecule has 3 aromatic rings. The van der Waals surface area contributed by atoms with Crippen LogP contribution in [0.2, 0.25) is 0 Å². The van der Waals surface area contributed by atoms with Gasteiger partial charge in [0.15, 0.2) is 17.3 Å². The van der Waals surface area contributed by atoms with Gasteiger partial charge in [0.25, 0.3) is 11.5 Å². The third-order valence-electron chi connectivity index (χ3n) is 5.58. The number of aromatic nitrogens is 3. The van der Waals surface area contributed by atoms with E-state index >= 15 is 0 Å². The molecule has 1 aromatic carbocycles. The molecule has 1 saturated carbocycles. The average Bonchev–Trinajstić information content (AvgIpc) is 2.79. The minimum absolute atomic E-state index is 0.191. The maximum Gasteiger partial charge on any atom is 0.278 e. The van der Waals surface area contributed by atoms with E-state index in [1.54, 1.807) is 36.5 Å². The molecule has 156 valence electrons. The van der Waals surface area contributed by atoms with E-state index in [9.17, 15) is 9.59 Å². The fourth-order valence-corrected chi connectivity index (χ4v) is 3.95. The van der Waals surface area contributed by atoms with Crippen molar-refractivity contribution in [3.05, 3.63) is 58.6 Å². The van der Waals surface area contributed by atoms with Gasteiger partial charge in [-0.25, -0.2) is 9.67 Å². The lowest BCUT2D eigenvalue weighted by molar-refractivity contribution is 0.102. The Morgan fingerprint density at radius 3 is 2.67 bits per heavy atom.